The number of ether oxygens (including phenoxy) is 3. The molecule has 2 aromatic rings. The number of anilines is 1. The third-order valence-corrected chi connectivity index (χ3v) is 7.26. The molecule has 1 aliphatic carbocycles. The highest BCUT2D eigenvalue weighted by molar-refractivity contribution is 9.10. The Kier molecular flexibility index (Phi) is 3.09. The molecular weight excluding hydrogens is 459 g/mol. The highest BCUT2D eigenvalue weighted by Crippen LogP contribution is 2.89. The first-order chi connectivity index (χ1) is 14.2. The van der Waals surface area contributed by atoms with E-state index in [1.54, 1.807) is 18.2 Å². The maximum absolute atomic E-state index is 13.3. The van der Waals surface area contributed by atoms with Crippen molar-refractivity contribution in [3.05, 3.63) is 52.0 Å². The van der Waals surface area contributed by atoms with Crippen LogP contribution in [0, 0.1) is 11.2 Å². The van der Waals surface area contributed by atoms with Crippen molar-refractivity contribution in [1.82, 2.24) is 4.98 Å². The smallest absolute Gasteiger partial charge is 0.285 e. The second-order valence-corrected chi connectivity index (χ2v) is 9.19. The molecule has 1 amide bonds. The van der Waals surface area contributed by atoms with Crippen LogP contribution in [0.25, 0.3) is 0 Å². The molecule has 4 aliphatic rings. The Bertz CT molecular complexity index is 1200. The van der Waals surface area contributed by atoms with Gasteiger partial charge in [-0.3, -0.25) is 4.79 Å². The number of hydrogen-bond acceptors (Lipinski definition) is 7. The molecule has 1 saturated carbocycles. The largest absolute Gasteiger partial charge is 0.486 e. The summed E-state index contributed by atoms with van der Waals surface area (Å²) in [7, 11) is 0. The zero-order valence-electron chi connectivity index (χ0n) is 16.0. The minimum atomic E-state index is -0.983. The predicted molar refractivity (Wildman–Crippen MR) is 106 cm³/mol. The molecule has 3 spiro atoms. The standard InChI is InChI=1S/C20H16BrFN4O4/c1-17(2)18-8-28-20(18)19(18,26-16(23)30-20)11-6-10(3-4-13(11)29-17)25-15(27)14-12(21)5-9(22)7-24-14/h3-7H,8H2,1-2H3,(H2,23,26)(H,25,27). The Morgan fingerprint density at radius 1 is 1.30 bits per heavy atom. The fraction of sp³-hybridized carbons (Fsp3) is 0.350. The van der Waals surface area contributed by atoms with Crippen molar-refractivity contribution in [2.24, 2.45) is 16.1 Å². The number of amides is 1. The van der Waals surface area contributed by atoms with Crippen molar-refractivity contribution < 1.29 is 23.4 Å². The average Bonchev–Trinajstić information content (AvgIpc) is 2.86. The van der Waals surface area contributed by atoms with E-state index in [0.717, 1.165) is 11.8 Å². The number of nitrogens with two attached hydrogens (primary N) is 1. The first-order valence-corrected chi connectivity index (χ1v) is 10.1. The average molecular weight is 475 g/mol. The second kappa shape index (κ2) is 5.12. The van der Waals surface area contributed by atoms with Crippen molar-refractivity contribution in [3.8, 4) is 5.75 Å². The number of carbonyl (C=O) groups is 1. The number of benzene rings is 1. The van der Waals surface area contributed by atoms with Crippen LogP contribution in [-0.4, -0.2) is 34.9 Å². The van der Waals surface area contributed by atoms with Crippen LogP contribution < -0.4 is 15.8 Å². The number of aromatic nitrogens is 1. The summed E-state index contributed by atoms with van der Waals surface area (Å²) in [5, 5.41) is 2.79. The van der Waals surface area contributed by atoms with E-state index < -0.39 is 34.1 Å². The zero-order valence-corrected chi connectivity index (χ0v) is 17.5. The van der Waals surface area contributed by atoms with Gasteiger partial charge in [-0.15, -0.1) is 0 Å². The normalized spacial score (nSPS) is 33.4. The molecule has 1 saturated heterocycles. The molecule has 4 heterocycles. The van der Waals surface area contributed by atoms with Gasteiger partial charge in [-0.1, -0.05) is 0 Å². The van der Waals surface area contributed by atoms with Crippen molar-refractivity contribution in [3.63, 3.8) is 0 Å². The second-order valence-electron chi connectivity index (χ2n) is 8.33. The first-order valence-electron chi connectivity index (χ1n) is 9.32. The zero-order chi connectivity index (χ0) is 21.1. The van der Waals surface area contributed by atoms with Gasteiger partial charge in [-0.2, -0.15) is 0 Å². The molecule has 2 fully saturated rings. The molecule has 154 valence electrons. The third-order valence-electron chi connectivity index (χ3n) is 6.65. The molecule has 8 nitrogen and oxygen atoms in total. The van der Waals surface area contributed by atoms with Gasteiger partial charge >= 0.3 is 0 Å². The summed E-state index contributed by atoms with van der Waals surface area (Å²) in [5.74, 6) is -1.38. The summed E-state index contributed by atoms with van der Waals surface area (Å²) in [6, 6.07) is 6.54. The quantitative estimate of drug-likeness (QED) is 0.692. The van der Waals surface area contributed by atoms with E-state index in [2.05, 4.69) is 31.2 Å². The van der Waals surface area contributed by atoms with Crippen LogP contribution in [0.1, 0.15) is 29.9 Å². The fourth-order valence-electron chi connectivity index (χ4n) is 5.39. The predicted octanol–water partition coefficient (Wildman–Crippen LogP) is 2.67. The lowest BCUT2D eigenvalue weighted by molar-refractivity contribution is -0.263. The molecule has 1 aromatic carbocycles. The Labute approximate surface area is 178 Å². The number of pyridine rings is 1. The van der Waals surface area contributed by atoms with Crippen molar-refractivity contribution in [2.45, 2.75) is 30.8 Å². The Morgan fingerprint density at radius 2 is 2.10 bits per heavy atom. The molecule has 1 aromatic heterocycles. The molecular formula is C20H16BrFN4O4. The maximum atomic E-state index is 13.3. The minimum absolute atomic E-state index is 0.0684. The molecule has 3 atom stereocenters. The Hall–Kier alpha value is -2.72. The summed E-state index contributed by atoms with van der Waals surface area (Å²) in [6.45, 7) is 4.41. The van der Waals surface area contributed by atoms with E-state index in [9.17, 15) is 9.18 Å². The van der Waals surface area contributed by atoms with Crippen LogP contribution in [0.2, 0.25) is 0 Å². The molecule has 0 radical (unpaired) electrons. The van der Waals surface area contributed by atoms with Gasteiger partial charge in [0.15, 0.2) is 5.54 Å². The van der Waals surface area contributed by atoms with Gasteiger partial charge in [0.25, 0.3) is 17.7 Å². The van der Waals surface area contributed by atoms with Crippen LogP contribution in [0.15, 0.2) is 39.9 Å². The molecule has 0 bridgehead atoms. The van der Waals surface area contributed by atoms with Gasteiger partial charge in [0, 0.05) is 11.3 Å². The number of nitrogens with one attached hydrogen (secondary N) is 1. The van der Waals surface area contributed by atoms with Crippen LogP contribution in [0.3, 0.4) is 0 Å². The van der Waals surface area contributed by atoms with E-state index >= 15 is 0 Å². The molecule has 30 heavy (non-hydrogen) atoms. The summed E-state index contributed by atoms with van der Waals surface area (Å²) in [6.07, 6.45) is 0.988. The lowest BCUT2D eigenvalue weighted by atomic mass is 9.77. The molecule has 6 rings (SSSR count). The number of amidine groups is 1. The number of hydrogen-bond donors (Lipinski definition) is 2. The number of aliphatic imine (C=N–C) groups is 1. The van der Waals surface area contributed by atoms with E-state index in [4.69, 9.17) is 19.9 Å². The van der Waals surface area contributed by atoms with Crippen LogP contribution in [0.4, 0.5) is 10.1 Å². The van der Waals surface area contributed by atoms with Gasteiger partial charge < -0.3 is 25.3 Å². The highest BCUT2D eigenvalue weighted by Gasteiger charge is 3.06. The van der Waals surface area contributed by atoms with Crippen LogP contribution in [0.5, 0.6) is 5.75 Å². The minimum Gasteiger partial charge on any atom is -0.486 e. The molecule has 3 unspecified atom stereocenters. The SMILES string of the molecule is CC1(C)Oc2ccc(NC(=O)c3ncc(F)cc3Br)cc2C23N=C(N)OC24OCC143. The summed E-state index contributed by atoms with van der Waals surface area (Å²) in [4.78, 5) is 21.2. The molecule has 3 N–H and O–H groups in total. The first kappa shape index (κ1) is 18.1. The van der Waals surface area contributed by atoms with E-state index in [-0.39, 0.29) is 16.2 Å². The van der Waals surface area contributed by atoms with E-state index in [1.807, 2.05) is 13.8 Å². The highest BCUT2D eigenvalue weighted by atomic mass is 79.9. The number of halogens is 2. The van der Waals surface area contributed by atoms with Crippen LogP contribution >= 0.6 is 15.9 Å². The van der Waals surface area contributed by atoms with E-state index in [0.29, 0.717) is 18.0 Å². The summed E-state index contributed by atoms with van der Waals surface area (Å²) in [5.41, 5.74) is 5.31. The Balaban J connectivity index is 1.42. The number of rotatable bonds is 2. The van der Waals surface area contributed by atoms with E-state index in [1.165, 1.54) is 6.07 Å². The lowest BCUT2D eigenvalue weighted by Gasteiger charge is -2.45. The van der Waals surface area contributed by atoms with Crippen molar-refractivity contribution in [1.29, 1.82) is 0 Å². The monoisotopic (exact) mass is 474 g/mol. The summed E-state index contributed by atoms with van der Waals surface area (Å²) >= 11 is 3.17. The van der Waals surface area contributed by atoms with Gasteiger partial charge in [-0.05, 0) is 54.0 Å². The van der Waals surface area contributed by atoms with Gasteiger partial charge in [0.2, 0.25) is 0 Å². The number of fused-ring (bicyclic) bond motifs is 1. The van der Waals surface area contributed by atoms with Gasteiger partial charge in [0.1, 0.15) is 28.3 Å². The third kappa shape index (κ3) is 1.71. The summed E-state index contributed by atoms with van der Waals surface area (Å²) < 4.78 is 31.6. The molecule has 10 heteroatoms. The number of nitrogens with zero attached hydrogens (tertiary/aromatic N) is 2. The maximum Gasteiger partial charge on any atom is 0.285 e. The number of carbonyl (C=O) groups excluding carboxylic acids is 1. The fourth-order valence-corrected chi connectivity index (χ4v) is 5.89. The Morgan fingerprint density at radius 3 is 2.80 bits per heavy atom. The van der Waals surface area contributed by atoms with Gasteiger partial charge in [-0.25, -0.2) is 14.4 Å². The lowest BCUT2D eigenvalue weighted by Crippen LogP contribution is -2.58. The van der Waals surface area contributed by atoms with Gasteiger partial charge in [0.05, 0.1) is 17.3 Å². The van der Waals surface area contributed by atoms with Crippen molar-refractivity contribution >= 4 is 33.5 Å². The molecule has 3 aliphatic heterocycles. The van der Waals surface area contributed by atoms with Crippen molar-refractivity contribution in [2.75, 3.05) is 11.9 Å². The topological polar surface area (TPSA) is 108 Å². The van der Waals surface area contributed by atoms with Crippen LogP contribution in [-0.2, 0) is 15.0 Å².